The van der Waals surface area contributed by atoms with Gasteiger partial charge in [0.15, 0.2) is 11.6 Å². The molecule has 0 aliphatic heterocycles. The number of ether oxygens (including phenoxy) is 1. The molecule has 17 heavy (non-hydrogen) atoms. The molecular weight excluding hydrogens is 223 g/mol. The van der Waals surface area contributed by atoms with Gasteiger partial charge in [0.25, 0.3) is 0 Å². The van der Waals surface area contributed by atoms with E-state index >= 15 is 0 Å². The lowest BCUT2D eigenvalue weighted by Gasteiger charge is -2.12. The number of nitrogens with one attached hydrogen (secondary N) is 1. The Bertz CT molecular complexity index is 359. The van der Waals surface area contributed by atoms with Crippen LogP contribution in [-0.2, 0) is 0 Å². The van der Waals surface area contributed by atoms with Crippen molar-refractivity contribution in [1.29, 1.82) is 0 Å². The lowest BCUT2D eigenvalue weighted by molar-refractivity contribution is 0.292. The van der Waals surface area contributed by atoms with Gasteiger partial charge in [0.05, 0.1) is 18.0 Å². The molecule has 0 heterocycles. The zero-order chi connectivity index (χ0) is 12.7. The van der Waals surface area contributed by atoms with Crippen molar-refractivity contribution in [2.45, 2.75) is 19.8 Å². The summed E-state index contributed by atoms with van der Waals surface area (Å²) in [7, 11) is 0. The largest absolute Gasteiger partial charge is 0.490 e. The van der Waals surface area contributed by atoms with Gasteiger partial charge in [-0.1, -0.05) is 6.92 Å². The molecule has 0 bridgehead atoms. The second-order valence-electron chi connectivity index (χ2n) is 3.72. The third kappa shape index (κ3) is 4.11. The van der Waals surface area contributed by atoms with Crippen LogP contribution in [0.1, 0.15) is 19.8 Å². The van der Waals surface area contributed by atoms with E-state index in [0.717, 1.165) is 6.42 Å². The van der Waals surface area contributed by atoms with E-state index < -0.39 is 5.82 Å². The van der Waals surface area contributed by atoms with E-state index in [1.165, 1.54) is 6.07 Å². The first-order valence-electron chi connectivity index (χ1n) is 5.75. The first-order valence-corrected chi connectivity index (χ1v) is 5.75. The summed E-state index contributed by atoms with van der Waals surface area (Å²) in [5.41, 5.74) is 6.65. The monoisotopic (exact) mass is 242 g/mol. The summed E-state index contributed by atoms with van der Waals surface area (Å²) >= 11 is 0. The molecule has 4 nitrogen and oxygen atoms in total. The maximum absolute atomic E-state index is 13.5. The minimum atomic E-state index is -0.455. The number of hydrogen-bond acceptors (Lipinski definition) is 4. The number of rotatable bonds is 7. The molecule has 0 fully saturated rings. The van der Waals surface area contributed by atoms with Crippen molar-refractivity contribution in [1.82, 2.24) is 0 Å². The minimum absolute atomic E-state index is 0.104. The number of nitrogen functional groups attached to an aromatic ring is 1. The van der Waals surface area contributed by atoms with Crippen LogP contribution in [0.15, 0.2) is 12.1 Å². The maximum Gasteiger partial charge on any atom is 0.167 e. The molecule has 0 amide bonds. The van der Waals surface area contributed by atoms with Crippen LogP contribution in [0.2, 0.25) is 0 Å². The van der Waals surface area contributed by atoms with Crippen LogP contribution in [0.4, 0.5) is 15.8 Å². The van der Waals surface area contributed by atoms with Crippen LogP contribution in [0, 0.1) is 5.82 Å². The number of hydrogen-bond donors (Lipinski definition) is 3. The van der Waals surface area contributed by atoms with Crippen molar-refractivity contribution < 1.29 is 14.2 Å². The van der Waals surface area contributed by atoms with Crippen LogP contribution in [0.3, 0.4) is 0 Å². The van der Waals surface area contributed by atoms with Crippen molar-refractivity contribution in [2.75, 3.05) is 30.8 Å². The molecule has 0 aliphatic rings. The Hall–Kier alpha value is -1.49. The van der Waals surface area contributed by atoms with Crippen LogP contribution in [0.25, 0.3) is 0 Å². The van der Waals surface area contributed by atoms with Gasteiger partial charge < -0.3 is 20.9 Å². The average molecular weight is 242 g/mol. The van der Waals surface area contributed by atoms with Crippen LogP contribution in [-0.4, -0.2) is 24.9 Å². The SMILES string of the molecule is CCCOc1cc(NCCCO)c(N)cc1F. The minimum Gasteiger partial charge on any atom is -0.490 e. The molecule has 0 radical (unpaired) electrons. The highest BCUT2D eigenvalue weighted by atomic mass is 19.1. The van der Waals surface area contributed by atoms with Crippen molar-refractivity contribution in [3.8, 4) is 5.75 Å². The first-order chi connectivity index (χ1) is 8.19. The smallest absolute Gasteiger partial charge is 0.167 e. The van der Waals surface area contributed by atoms with Crippen LogP contribution in [0.5, 0.6) is 5.75 Å². The molecule has 0 spiro atoms. The van der Waals surface area contributed by atoms with Crippen molar-refractivity contribution in [3.05, 3.63) is 17.9 Å². The number of aliphatic hydroxyl groups excluding tert-OH is 1. The molecular formula is C12H19FN2O2. The molecule has 0 saturated carbocycles. The fraction of sp³-hybridized carbons (Fsp3) is 0.500. The summed E-state index contributed by atoms with van der Waals surface area (Å²) < 4.78 is 18.7. The zero-order valence-corrected chi connectivity index (χ0v) is 10.0. The first kappa shape index (κ1) is 13.6. The van der Waals surface area contributed by atoms with Gasteiger partial charge in [0.2, 0.25) is 0 Å². The Kier molecular flexibility index (Phi) is 5.56. The number of anilines is 2. The van der Waals surface area contributed by atoms with E-state index in [4.69, 9.17) is 15.6 Å². The number of benzene rings is 1. The van der Waals surface area contributed by atoms with Crippen molar-refractivity contribution in [3.63, 3.8) is 0 Å². The summed E-state index contributed by atoms with van der Waals surface area (Å²) in [6.07, 6.45) is 1.43. The topological polar surface area (TPSA) is 67.5 Å². The van der Waals surface area contributed by atoms with E-state index in [2.05, 4.69) is 5.32 Å². The quantitative estimate of drug-likeness (QED) is 0.505. The van der Waals surface area contributed by atoms with Crippen LogP contribution >= 0.6 is 0 Å². The molecule has 1 rings (SSSR count). The summed E-state index contributed by atoms with van der Waals surface area (Å²) in [6, 6.07) is 2.80. The average Bonchev–Trinajstić information content (AvgIpc) is 2.31. The summed E-state index contributed by atoms with van der Waals surface area (Å²) in [5.74, 6) is -0.254. The highest BCUT2D eigenvalue weighted by Crippen LogP contribution is 2.28. The fourth-order valence-corrected chi connectivity index (χ4v) is 1.35. The predicted molar refractivity (Wildman–Crippen MR) is 66.8 cm³/mol. The fourth-order valence-electron chi connectivity index (χ4n) is 1.35. The Balaban J connectivity index is 2.74. The maximum atomic E-state index is 13.5. The summed E-state index contributed by atoms with van der Waals surface area (Å²) in [6.45, 7) is 3.11. The Morgan fingerprint density at radius 2 is 2.24 bits per heavy atom. The highest BCUT2D eigenvalue weighted by molar-refractivity contribution is 5.68. The van der Waals surface area contributed by atoms with Gasteiger partial charge in [0, 0.05) is 25.3 Å². The zero-order valence-electron chi connectivity index (χ0n) is 10.0. The van der Waals surface area contributed by atoms with Gasteiger partial charge in [-0.05, 0) is 12.8 Å². The molecule has 0 aromatic heterocycles. The third-order valence-electron chi connectivity index (χ3n) is 2.22. The molecule has 1 aromatic carbocycles. The molecule has 1 aromatic rings. The van der Waals surface area contributed by atoms with Gasteiger partial charge in [-0.15, -0.1) is 0 Å². The van der Waals surface area contributed by atoms with E-state index in [9.17, 15) is 4.39 Å². The summed E-state index contributed by atoms with van der Waals surface area (Å²) in [4.78, 5) is 0. The third-order valence-corrected chi connectivity index (χ3v) is 2.22. The van der Waals surface area contributed by atoms with Gasteiger partial charge in [0.1, 0.15) is 0 Å². The molecule has 0 aliphatic carbocycles. The number of nitrogens with two attached hydrogens (primary N) is 1. The number of halogens is 1. The van der Waals surface area contributed by atoms with Gasteiger partial charge in [-0.25, -0.2) is 4.39 Å². The lowest BCUT2D eigenvalue weighted by atomic mass is 10.2. The van der Waals surface area contributed by atoms with E-state index in [1.54, 1.807) is 6.07 Å². The molecule has 4 N–H and O–H groups in total. The molecule has 0 atom stereocenters. The van der Waals surface area contributed by atoms with Gasteiger partial charge in [-0.3, -0.25) is 0 Å². The predicted octanol–water partition coefficient (Wildman–Crippen LogP) is 1.99. The van der Waals surface area contributed by atoms with Crippen molar-refractivity contribution >= 4 is 11.4 Å². The second-order valence-corrected chi connectivity index (χ2v) is 3.72. The highest BCUT2D eigenvalue weighted by Gasteiger charge is 2.08. The standard InChI is InChI=1S/C12H19FN2O2/c1-2-6-17-12-8-11(15-4-3-5-16)10(14)7-9(12)13/h7-8,15-16H,2-6,14H2,1H3. The Morgan fingerprint density at radius 1 is 1.47 bits per heavy atom. The van der Waals surface area contributed by atoms with Crippen LogP contribution < -0.4 is 15.8 Å². The number of aliphatic hydroxyl groups is 1. The molecule has 0 unspecified atom stereocenters. The molecule has 96 valence electrons. The van der Waals surface area contributed by atoms with E-state index in [0.29, 0.717) is 30.9 Å². The summed E-state index contributed by atoms with van der Waals surface area (Å²) in [5, 5.41) is 11.7. The lowest BCUT2D eigenvalue weighted by Crippen LogP contribution is -2.07. The second kappa shape index (κ2) is 6.96. The van der Waals surface area contributed by atoms with Gasteiger partial charge in [-0.2, -0.15) is 0 Å². The van der Waals surface area contributed by atoms with Gasteiger partial charge >= 0.3 is 0 Å². The molecule has 5 heteroatoms. The normalized spacial score (nSPS) is 10.3. The van der Waals surface area contributed by atoms with E-state index in [-0.39, 0.29) is 12.4 Å². The Labute approximate surface area is 101 Å². The molecule has 0 saturated heterocycles. The van der Waals surface area contributed by atoms with Crippen molar-refractivity contribution in [2.24, 2.45) is 0 Å². The van der Waals surface area contributed by atoms with E-state index in [1.807, 2.05) is 6.92 Å². The Morgan fingerprint density at radius 3 is 2.88 bits per heavy atom.